The number of alkyl halides is 1. The van der Waals surface area contributed by atoms with E-state index in [0.717, 1.165) is 23.6 Å². The Morgan fingerprint density at radius 3 is 2.52 bits per heavy atom. The number of methoxy groups -OCH3 is 2. The summed E-state index contributed by atoms with van der Waals surface area (Å²) in [5.74, 6) is 1.50. The van der Waals surface area contributed by atoms with Gasteiger partial charge in [-0.05, 0) is 40.7 Å². The van der Waals surface area contributed by atoms with Gasteiger partial charge >= 0.3 is 0 Å². The zero-order valence-corrected chi connectivity index (χ0v) is 20.6. The molecule has 1 heterocycles. The topological polar surface area (TPSA) is 22.3 Å². The van der Waals surface area contributed by atoms with Crippen molar-refractivity contribution in [3.8, 4) is 11.5 Å². The van der Waals surface area contributed by atoms with Gasteiger partial charge in [0.15, 0.2) is 18.0 Å². The monoisotopic (exact) mass is 607 g/mol. The minimum absolute atomic E-state index is 0. The Morgan fingerprint density at radius 1 is 1.00 bits per heavy atom. The third kappa shape index (κ3) is 5.57. The van der Waals surface area contributed by atoms with Gasteiger partial charge in [0, 0.05) is 18.6 Å². The van der Waals surface area contributed by atoms with Gasteiger partial charge in [-0.25, -0.2) is 0 Å². The minimum Gasteiger partial charge on any atom is -1.00 e. The van der Waals surface area contributed by atoms with Gasteiger partial charge in [-0.2, -0.15) is 4.57 Å². The number of ether oxygens (including phenoxy) is 2. The first kappa shape index (κ1) is 22.4. The van der Waals surface area contributed by atoms with E-state index in [1.807, 2.05) is 29.5 Å². The number of halogens is 2. The van der Waals surface area contributed by atoms with Crippen molar-refractivity contribution < 1.29 is 38.0 Å². The van der Waals surface area contributed by atoms with E-state index in [9.17, 15) is 0 Å². The maximum absolute atomic E-state index is 5.40. The Morgan fingerprint density at radius 2 is 1.78 bits per heavy atom. The Labute approximate surface area is 195 Å². The quantitative estimate of drug-likeness (QED) is 0.170. The molecule has 0 bridgehead atoms. The molecule has 0 aliphatic carbocycles. The van der Waals surface area contributed by atoms with Crippen LogP contribution in [0.1, 0.15) is 23.4 Å². The van der Waals surface area contributed by atoms with Crippen LogP contribution in [0.25, 0.3) is 22.4 Å². The van der Waals surface area contributed by atoms with Crippen molar-refractivity contribution in [2.24, 2.45) is 0 Å². The molecule has 2 aromatic carbocycles. The maximum Gasteiger partial charge on any atom is 0.262 e. The lowest BCUT2D eigenvalue weighted by Crippen LogP contribution is -3.00. The molecule has 0 aliphatic rings. The highest BCUT2D eigenvalue weighted by Crippen LogP contribution is 2.29. The Balaban J connectivity index is 0.00000261. The summed E-state index contributed by atoms with van der Waals surface area (Å²) in [5, 5.41) is 1.27. The first-order chi connectivity index (χ1) is 12.8. The van der Waals surface area contributed by atoms with E-state index < -0.39 is 0 Å². The molecular weight excluding hydrogens is 584 g/mol. The fourth-order valence-corrected chi connectivity index (χ4v) is 4.53. The second-order valence-corrected chi connectivity index (χ2v) is 8.04. The highest BCUT2D eigenvalue weighted by molar-refractivity contribution is 14.1. The van der Waals surface area contributed by atoms with E-state index in [2.05, 4.69) is 63.6 Å². The maximum atomic E-state index is 5.40. The number of benzene rings is 2. The van der Waals surface area contributed by atoms with Crippen LogP contribution < -0.4 is 38.0 Å². The van der Waals surface area contributed by atoms with Gasteiger partial charge in [0.05, 0.1) is 14.2 Å². The highest BCUT2D eigenvalue weighted by atomic mass is 127. The second-order valence-electron chi connectivity index (χ2n) is 5.90. The molecule has 0 aliphatic heterocycles. The smallest absolute Gasteiger partial charge is 0.262 e. The third-order valence-electron chi connectivity index (χ3n) is 4.23. The molecule has 0 unspecified atom stereocenters. The number of rotatable bonds is 8. The zero-order valence-electron chi connectivity index (χ0n) is 15.5. The first-order valence-corrected chi connectivity index (χ1v) is 11.0. The van der Waals surface area contributed by atoms with E-state index in [-0.39, 0.29) is 24.0 Å². The summed E-state index contributed by atoms with van der Waals surface area (Å²) in [4.78, 5) is 0. The number of nitrogens with zero attached hydrogens (tertiary/aromatic N) is 1. The van der Waals surface area contributed by atoms with Crippen LogP contribution in [0.4, 0.5) is 0 Å². The number of fused-ring (bicyclic) bond motifs is 1. The number of thiazole rings is 1. The average molecular weight is 607 g/mol. The van der Waals surface area contributed by atoms with Crippen molar-refractivity contribution >= 4 is 56.3 Å². The molecule has 3 rings (SSSR count). The number of unbranched alkanes of at least 4 members (excludes halogenated alkanes) is 1. The van der Waals surface area contributed by atoms with Crippen LogP contribution in [0.5, 0.6) is 11.5 Å². The summed E-state index contributed by atoms with van der Waals surface area (Å²) < 4.78 is 15.7. The number of aromatic nitrogens is 1. The third-order valence-corrected chi connectivity index (χ3v) is 6.12. The van der Waals surface area contributed by atoms with E-state index in [0.29, 0.717) is 0 Å². The number of para-hydroxylation sites is 1. The van der Waals surface area contributed by atoms with E-state index in [1.165, 1.54) is 32.5 Å². The average Bonchev–Trinajstić information content (AvgIpc) is 3.04. The molecule has 3 nitrogen and oxygen atoms in total. The van der Waals surface area contributed by atoms with Crippen LogP contribution in [-0.2, 0) is 6.54 Å². The number of hydrogen-bond acceptors (Lipinski definition) is 3. The van der Waals surface area contributed by atoms with Gasteiger partial charge in [-0.15, -0.1) is 0 Å². The standard InChI is InChI=1S/C21H23INO2S.HI/c1-24-18-11-9-16(15-19(18)25-2)10-12-21-23(14-6-5-13-22)17-7-3-4-8-20(17)26-21;/h3-4,7-12,15H,5-6,13-14H2,1-2H3;1H/q+1;/p-1. The van der Waals surface area contributed by atoms with Gasteiger partial charge < -0.3 is 33.5 Å². The van der Waals surface area contributed by atoms with Gasteiger partial charge in [-0.1, -0.05) is 52.1 Å². The predicted octanol–water partition coefficient (Wildman–Crippen LogP) is 2.60. The van der Waals surface area contributed by atoms with E-state index in [1.54, 1.807) is 14.2 Å². The van der Waals surface area contributed by atoms with E-state index >= 15 is 0 Å². The van der Waals surface area contributed by atoms with Crippen LogP contribution >= 0.6 is 33.9 Å². The van der Waals surface area contributed by atoms with Crippen LogP contribution in [-0.4, -0.2) is 18.6 Å². The lowest BCUT2D eigenvalue weighted by atomic mass is 10.2. The van der Waals surface area contributed by atoms with Gasteiger partial charge in [0.2, 0.25) is 5.52 Å². The molecule has 0 spiro atoms. The van der Waals surface area contributed by atoms with Gasteiger partial charge in [0.25, 0.3) is 5.01 Å². The van der Waals surface area contributed by atoms with Crippen molar-refractivity contribution in [1.82, 2.24) is 0 Å². The van der Waals surface area contributed by atoms with Gasteiger partial charge in [-0.3, -0.25) is 0 Å². The molecule has 1 aromatic heterocycles. The molecule has 0 saturated heterocycles. The summed E-state index contributed by atoms with van der Waals surface area (Å²) in [7, 11) is 3.32. The molecular formula is C21H23I2NO2S. The summed E-state index contributed by atoms with van der Waals surface area (Å²) in [6.07, 6.45) is 6.79. The second kappa shape index (κ2) is 11.2. The molecule has 0 amide bonds. The Bertz CT molecular complexity index is 908. The van der Waals surface area contributed by atoms with Crippen LogP contribution in [0, 0.1) is 0 Å². The first-order valence-electron chi connectivity index (χ1n) is 8.64. The summed E-state index contributed by atoms with van der Waals surface area (Å²) in [5.41, 5.74) is 2.41. The fourth-order valence-electron chi connectivity index (χ4n) is 2.90. The molecule has 27 heavy (non-hydrogen) atoms. The fraction of sp³-hybridized carbons (Fsp3) is 0.286. The SMILES string of the molecule is COc1ccc(C=Cc2sc3ccccc3[n+]2CCCCI)cc1OC.[I-]. The molecule has 3 aromatic rings. The van der Waals surface area contributed by atoms with Crippen molar-refractivity contribution in [1.29, 1.82) is 0 Å². The van der Waals surface area contributed by atoms with Crippen molar-refractivity contribution in [3.63, 3.8) is 0 Å². The lowest BCUT2D eigenvalue weighted by Gasteiger charge is -2.07. The predicted molar refractivity (Wildman–Crippen MR) is 119 cm³/mol. The van der Waals surface area contributed by atoms with Crippen molar-refractivity contribution in [2.75, 3.05) is 18.6 Å². The van der Waals surface area contributed by atoms with Crippen LogP contribution in [0.3, 0.4) is 0 Å². The van der Waals surface area contributed by atoms with Crippen molar-refractivity contribution in [3.05, 3.63) is 53.0 Å². The molecule has 0 saturated carbocycles. The molecule has 144 valence electrons. The van der Waals surface area contributed by atoms with Crippen molar-refractivity contribution in [2.45, 2.75) is 19.4 Å². The number of aryl methyl sites for hydroxylation is 1. The van der Waals surface area contributed by atoms with Crippen LogP contribution in [0.2, 0.25) is 0 Å². The summed E-state index contributed by atoms with van der Waals surface area (Å²) in [6.45, 7) is 1.05. The van der Waals surface area contributed by atoms with Gasteiger partial charge in [0.1, 0.15) is 4.70 Å². The molecule has 0 radical (unpaired) electrons. The van der Waals surface area contributed by atoms with Crippen LogP contribution in [0.15, 0.2) is 42.5 Å². The molecule has 0 atom stereocenters. The normalized spacial score (nSPS) is 10.9. The highest BCUT2D eigenvalue weighted by Gasteiger charge is 2.17. The molecule has 0 fully saturated rings. The Hall–Kier alpha value is -0.870. The molecule has 0 N–H and O–H groups in total. The lowest BCUT2D eigenvalue weighted by molar-refractivity contribution is -0.669. The Kier molecular flexibility index (Phi) is 9.31. The largest absolute Gasteiger partial charge is 1.00 e. The van der Waals surface area contributed by atoms with E-state index in [4.69, 9.17) is 9.47 Å². The number of hydrogen-bond donors (Lipinski definition) is 0. The summed E-state index contributed by atoms with van der Waals surface area (Å²) in [6, 6.07) is 14.6. The zero-order chi connectivity index (χ0) is 18.4. The molecule has 6 heteroatoms. The minimum atomic E-state index is 0. The summed E-state index contributed by atoms with van der Waals surface area (Å²) >= 11 is 4.29.